The molecule has 0 radical (unpaired) electrons. The van der Waals surface area contributed by atoms with E-state index in [0.29, 0.717) is 21.9 Å². The maximum atomic E-state index is 12.9. The van der Waals surface area contributed by atoms with Gasteiger partial charge in [0.2, 0.25) is 5.91 Å². The summed E-state index contributed by atoms with van der Waals surface area (Å²) in [6.07, 6.45) is 0. The molecule has 2 aromatic rings. The van der Waals surface area contributed by atoms with Crippen molar-refractivity contribution in [3.8, 4) is 0 Å². The summed E-state index contributed by atoms with van der Waals surface area (Å²) in [7, 11) is 0. The molecule has 0 bridgehead atoms. The Hall–Kier alpha value is -1.87. The number of amides is 3. The van der Waals surface area contributed by atoms with Gasteiger partial charge in [-0.15, -0.1) is 11.3 Å². The van der Waals surface area contributed by atoms with E-state index in [2.05, 4.69) is 15.6 Å². The highest BCUT2D eigenvalue weighted by molar-refractivity contribution is 7.99. The number of nitrogens with one attached hydrogen (secondary N) is 2. The summed E-state index contributed by atoms with van der Waals surface area (Å²) in [6, 6.07) is -0.611. The number of urea groups is 1. The van der Waals surface area contributed by atoms with Gasteiger partial charge in [-0.05, 0) is 40.2 Å². The third-order valence-corrected chi connectivity index (χ3v) is 5.70. The number of aryl methyl sites for hydroxylation is 2. The van der Waals surface area contributed by atoms with Crippen LogP contribution in [0.3, 0.4) is 0 Å². The zero-order chi connectivity index (χ0) is 18.7. The predicted molar refractivity (Wildman–Crippen MR) is 102 cm³/mol. The van der Waals surface area contributed by atoms with Crippen molar-refractivity contribution in [1.29, 1.82) is 0 Å². The molecule has 25 heavy (non-hydrogen) atoms. The summed E-state index contributed by atoms with van der Waals surface area (Å²) >= 11 is 2.63. The van der Waals surface area contributed by atoms with Crippen molar-refractivity contribution in [2.75, 3.05) is 12.3 Å². The van der Waals surface area contributed by atoms with Crippen LogP contribution in [0.2, 0.25) is 0 Å². The zero-order valence-electron chi connectivity index (χ0n) is 14.9. The average Bonchev–Trinajstić information content (AvgIpc) is 2.79. The van der Waals surface area contributed by atoms with Gasteiger partial charge in [0.15, 0.2) is 5.16 Å². The average molecular weight is 383 g/mol. The third kappa shape index (κ3) is 4.21. The number of imide groups is 1. The van der Waals surface area contributed by atoms with Crippen molar-refractivity contribution in [1.82, 2.24) is 20.2 Å². The number of hydrogen-bond acceptors (Lipinski definition) is 6. The summed E-state index contributed by atoms with van der Waals surface area (Å²) in [6.45, 7) is 9.91. The van der Waals surface area contributed by atoms with Crippen LogP contribution in [-0.4, -0.2) is 33.8 Å². The molecule has 0 aliphatic carbocycles. The molecule has 3 amide bonds. The van der Waals surface area contributed by atoms with E-state index < -0.39 is 11.9 Å². The van der Waals surface area contributed by atoms with Gasteiger partial charge in [-0.3, -0.25) is 19.5 Å². The minimum Gasteiger partial charge on any atom is -0.338 e. The van der Waals surface area contributed by atoms with Gasteiger partial charge in [0.25, 0.3) is 5.56 Å². The molecule has 0 saturated carbocycles. The van der Waals surface area contributed by atoms with Crippen molar-refractivity contribution in [2.45, 2.75) is 45.8 Å². The van der Waals surface area contributed by atoms with Crippen LogP contribution in [-0.2, 0) is 4.79 Å². The van der Waals surface area contributed by atoms with Crippen molar-refractivity contribution in [3.63, 3.8) is 0 Å². The summed E-state index contributed by atoms with van der Waals surface area (Å²) in [5, 5.41) is 5.87. The van der Waals surface area contributed by atoms with E-state index in [1.165, 1.54) is 11.3 Å². The summed E-state index contributed by atoms with van der Waals surface area (Å²) in [5.41, 5.74) is 0.867. The Balaban J connectivity index is 2.31. The van der Waals surface area contributed by atoms with Crippen molar-refractivity contribution >= 4 is 45.3 Å². The van der Waals surface area contributed by atoms with E-state index in [1.807, 2.05) is 27.7 Å². The van der Waals surface area contributed by atoms with Crippen LogP contribution in [0, 0.1) is 13.8 Å². The van der Waals surface area contributed by atoms with E-state index in [-0.39, 0.29) is 17.4 Å². The SMILES string of the molecule is CCNC(=O)NC(=O)CSc1nc2sc(C)c(C)c2c(=O)n1C(C)C. The molecule has 2 rings (SSSR count). The van der Waals surface area contributed by atoms with E-state index in [4.69, 9.17) is 0 Å². The van der Waals surface area contributed by atoms with Gasteiger partial charge in [0, 0.05) is 17.5 Å². The van der Waals surface area contributed by atoms with E-state index in [0.717, 1.165) is 22.2 Å². The summed E-state index contributed by atoms with van der Waals surface area (Å²) < 4.78 is 1.60. The molecule has 0 atom stereocenters. The highest BCUT2D eigenvalue weighted by Crippen LogP contribution is 2.29. The molecule has 0 unspecified atom stereocenters. The quantitative estimate of drug-likeness (QED) is 0.612. The molecule has 7 nitrogen and oxygen atoms in total. The first-order valence-electron chi connectivity index (χ1n) is 7.98. The predicted octanol–water partition coefficient (Wildman–Crippen LogP) is 2.59. The monoisotopic (exact) mass is 382 g/mol. The molecule has 0 spiro atoms. The molecule has 2 N–H and O–H groups in total. The fourth-order valence-electron chi connectivity index (χ4n) is 2.34. The van der Waals surface area contributed by atoms with Crippen LogP contribution in [0.15, 0.2) is 9.95 Å². The Morgan fingerprint density at radius 3 is 2.60 bits per heavy atom. The second-order valence-corrected chi connectivity index (χ2v) is 7.97. The molecule has 2 aromatic heterocycles. The van der Waals surface area contributed by atoms with Crippen LogP contribution in [0.5, 0.6) is 0 Å². The number of thioether (sulfide) groups is 1. The number of carbonyl (C=O) groups is 2. The first kappa shape index (κ1) is 19.5. The van der Waals surface area contributed by atoms with Crippen LogP contribution in [0.1, 0.15) is 37.3 Å². The lowest BCUT2D eigenvalue weighted by Gasteiger charge is -2.15. The van der Waals surface area contributed by atoms with E-state index >= 15 is 0 Å². The van der Waals surface area contributed by atoms with Crippen LogP contribution in [0.4, 0.5) is 4.79 Å². The van der Waals surface area contributed by atoms with E-state index in [9.17, 15) is 14.4 Å². The fraction of sp³-hybridized carbons (Fsp3) is 0.500. The number of thiophene rings is 1. The minimum atomic E-state index is -0.526. The number of nitrogens with zero attached hydrogens (tertiary/aromatic N) is 2. The molecular formula is C16H22N4O3S2. The first-order valence-corrected chi connectivity index (χ1v) is 9.79. The molecule has 2 heterocycles. The number of fused-ring (bicyclic) bond motifs is 1. The standard InChI is InChI=1S/C16H22N4O3S2/c1-6-17-15(23)18-11(21)7-24-16-19-13-12(9(4)10(5)25-13)14(22)20(16)8(2)3/h8H,6-7H2,1-5H3,(H2,17,18,21,23). The van der Waals surface area contributed by atoms with Gasteiger partial charge in [-0.25, -0.2) is 9.78 Å². The molecule has 0 fully saturated rings. The molecule has 0 aliphatic rings. The number of hydrogen-bond donors (Lipinski definition) is 2. The Labute approximate surface area is 154 Å². The molecule has 136 valence electrons. The normalized spacial score (nSPS) is 11.1. The number of rotatable bonds is 5. The molecule has 0 aliphatic heterocycles. The fourth-order valence-corrected chi connectivity index (χ4v) is 4.34. The summed E-state index contributed by atoms with van der Waals surface area (Å²) in [5.74, 6) is -0.426. The second kappa shape index (κ2) is 8.01. The third-order valence-electron chi connectivity index (χ3n) is 3.64. The summed E-state index contributed by atoms with van der Waals surface area (Å²) in [4.78, 5) is 42.5. The molecule has 9 heteroatoms. The minimum absolute atomic E-state index is 0.00510. The lowest BCUT2D eigenvalue weighted by atomic mass is 10.2. The van der Waals surface area contributed by atoms with Gasteiger partial charge in [-0.1, -0.05) is 11.8 Å². The number of carbonyl (C=O) groups excluding carboxylic acids is 2. The Morgan fingerprint density at radius 2 is 2.00 bits per heavy atom. The Morgan fingerprint density at radius 1 is 1.32 bits per heavy atom. The largest absolute Gasteiger partial charge is 0.338 e. The van der Waals surface area contributed by atoms with Crippen molar-refractivity contribution in [3.05, 3.63) is 20.8 Å². The lowest BCUT2D eigenvalue weighted by molar-refractivity contribution is -0.117. The topological polar surface area (TPSA) is 93.1 Å². The van der Waals surface area contributed by atoms with Crippen LogP contribution >= 0.6 is 23.1 Å². The Bertz CT molecular complexity index is 870. The molecule has 0 saturated heterocycles. The number of aromatic nitrogens is 2. The van der Waals surface area contributed by atoms with E-state index in [1.54, 1.807) is 11.5 Å². The first-order chi connectivity index (χ1) is 11.8. The molecule has 0 aromatic carbocycles. The maximum absolute atomic E-state index is 12.9. The van der Waals surface area contributed by atoms with Gasteiger partial charge in [0.1, 0.15) is 4.83 Å². The van der Waals surface area contributed by atoms with Gasteiger partial charge in [-0.2, -0.15) is 0 Å². The highest BCUT2D eigenvalue weighted by Gasteiger charge is 2.19. The Kier molecular flexibility index (Phi) is 6.23. The van der Waals surface area contributed by atoms with Crippen LogP contribution < -0.4 is 16.2 Å². The zero-order valence-corrected chi connectivity index (χ0v) is 16.6. The lowest BCUT2D eigenvalue weighted by Crippen LogP contribution is -2.40. The van der Waals surface area contributed by atoms with Crippen molar-refractivity contribution in [2.24, 2.45) is 0 Å². The molecular weight excluding hydrogens is 360 g/mol. The van der Waals surface area contributed by atoms with Crippen molar-refractivity contribution < 1.29 is 9.59 Å². The van der Waals surface area contributed by atoms with Gasteiger partial charge >= 0.3 is 6.03 Å². The van der Waals surface area contributed by atoms with Gasteiger partial charge < -0.3 is 5.32 Å². The maximum Gasteiger partial charge on any atom is 0.321 e. The smallest absolute Gasteiger partial charge is 0.321 e. The highest BCUT2D eigenvalue weighted by atomic mass is 32.2. The van der Waals surface area contributed by atoms with Crippen LogP contribution in [0.25, 0.3) is 10.2 Å². The van der Waals surface area contributed by atoms with Gasteiger partial charge in [0.05, 0.1) is 11.1 Å². The second-order valence-electron chi connectivity index (χ2n) is 5.82.